The number of aliphatic carboxylic acids is 2. The van der Waals surface area contributed by atoms with Gasteiger partial charge in [0.15, 0.2) is 15.2 Å². The Kier molecular flexibility index (Phi) is 14.9. The summed E-state index contributed by atoms with van der Waals surface area (Å²) in [5.41, 5.74) is -0.123. The summed E-state index contributed by atoms with van der Waals surface area (Å²) in [5.74, 6) is -7.65. The molecule has 20 heteroatoms. The van der Waals surface area contributed by atoms with Crippen molar-refractivity contribution in [2.75, 3.05) is 26.0 Å². The number of nitrogens with one attached hydrogen (secondary N) is 2. The normalized spacial score (nSPS) is 17.8. The van der Waals surface area contributed by atoms with Crippen LogP contribution in [0.15, 0.2) is 47.7 Å². The second-order valence-electron chi connectivity index (χ2n) is 11.5. The van der Waals surface area contributed by atoms with Crippen molar-refractivity contribution in [2.45, 2.75) is 50.1 Å². The summed E-state index contributed by atoms with van der Waals surface area (Å²) < 4.78 is 41.9. The molecule has 0 aromatic heterocycles. The van der Waals surface area contributed by atoms with Crippen LogP contribution in [0.4, 0.5) is 4.79 Å². The second kappa shape index (κ2) is 18.3. The van der Waals surface area contributed by atoms with Crippen molar-refractivity contribution in [2.24, 2.45) is 0 Å². The molecule has 2 aromatic carbocycles. The predicted molar refractivity (Wildman–Crippen MR) is 176 cm³/mol. The van der Waals surface area contributed by atoms with Crippen LogP contribution in [0.3, 0.4) is 0 Å². The largest absolute Gasteiger partial charge is 1.00 e. The molecule has 3 N–H and O–H groups in total. The summed E-state index contributed by atoms with van der Waals surface area (Å²) in [4.78, 5) is 74.7. The number of carboxylic acid groups (broad SMARTS) is 2. The summed E-state index contributed by atoms with van der Waals surface area (Å²) in [7, 11) is -3.00. The number of ether oxygens (including phenoxy) is 3. The SMILES string of the molecule is COc1ccc(CC(=O)O)cc1[C@H](CCCNC(=O)OCc1ccc(Cl)cc1Cl)C(=O)N[C@H]1C(=O)N2C(C(=O)[O-])=C(COC(C)=O)CS(=O)(=O)[C@@H]12.[Na+]. The summed E-state index contributed by atoms with van der Waals surface area (Å²) >= 11 is 12.0. The van der Waals surface area contributed by atoms with Crippen molar-refractivity contribution < 1.29 is 91.2 Å². The van der Waals surface area contributed by atoms with E-state index in [1.54, 1.807) is 12.1 Å². The van der Waals surface area contributed by atoms with Crippen LogP contribution in [-0.4, -0.2) is 91.7 Å². The molecule has 52 heavy (non-hydrogen) atoms. The van der Waals surface area contributed by atoms with Gasteiger partial charge < -0.3 is 39.9 Å². The summed E-state index contributed by atoms with van der Waals surface area (Å²) in [6.07, 6.45) is -1.10. The summed E-state index contributed by atoms with van der Waals surface area (Å²) in [6.45, 7) is 0.156. The average molecular weight is 793 g/mol. The Morgan fingerprint density at radius 2 is 1.79 bits per heavy atom. The van der Waals surface area contributed by atoms with Gasteiger partial charge in [0.25, 0.3) is 5.91 Å². The first kappa shape index (κ1) is 42.5. The number of rotatable bonds is 15. The first-order valence-electron chi connectivity index (χ1n) is 15.2. The van der Waals surface area contributed by atoms with Gasteiger partial charge in [-0.2, -0.15) is 0 Å². The van der Waals surface area contributed by atoms with E-state index in [2.05, 4.69) is 10.6 Å². The van der Waals surface area contributed by atoms with E-state index < -0.39 is 87.5 Å². The van der Waals surface area contributed by atoms with Crippen molar-refractivity contribution in [1.29, 1.82) is 0 Å². The van der Waals surface area contributed by atoms with E-state index in [9.17, 15) is 47.4 Å². The van der Waals surface area contributed by atoms with Gasteiger partial charge in [-0.1, -0.05) is 41.4 Å². The Bertz CT molecular complexity index is 1910. The van der Waals surface area contributed by atoms with Crippen LogP contribution in [0, 0.1) is 0 Å². The monoisotopic (exact) mass is 791 g/mol. The smallest absolute Gasteiger partial charge is 0.543 e. The molecule has 0 radical (unpaired) electrons. The number of sulfone groups is 1. The van der Waals surface area contributed by atoms with Gasteiger partial charge in [0.05, 0.1) is 36.9 Å². The molecule has 0 spiro atoms. The Hall–Kier alpha value is -3.87. The third-order valence-electron chi connectivity index (χ3n) is 7.96. The van der Waals surface area contributed by atoms with Crippen LogP contribution in [0.5, 0.6) is 5.75 Å². The Morgan fingerprint density at radius 3 is 2.40 bits per heavy atom. The molecule has 3 atom stereocenters. The number of hydrogen-bond acceptors (Lipinski definition) is 12. The van der Waals surface area contributed by atoms with Gasteiger partial charge in [-0.15, -0.1) is 0 Å². The number of benzene rings is 2. The predicted octanol–water partition coefficient (Wildman–Crippen LogP) is -1.93. The molecule has 2 aliphatic rings. The maximum Gasteiger partial charge on any atom is 1.00 e. The van der Waals surface area contributed by atoms with Gasteiger partial charge in [0, 0.05) is 40.2 Å². The van der Waals surface area contributed by atoms with E-state index in [0.29, 0.717) is 26.1 Å². The topological polar surface area (TPSA) is 235 Å². The Labute approximate surface area is 329 Å². The van der Waals surface area contributed by atoms with Crippen LogP contribution < -0.4 is 50.0 Å². The average Bonchev–Trinajstić information content (AvgIpc) is 3.04. The maximum absolute atomic E-state index is 13.9. The van der Waals surface area contributed by atoms with E-state index in [1.165, 1.54) is 31.4 Å². The number of carboxylic acids is 2. The number of alkyl carbamates (subject to hydrolysis) is 1. The quantitative estimate of drug-likeness (QED) is 0.0773. The van der Waals surface area contributed by atoms with E-state index >= 15 is 0 Å². The number of carbonyl (C=O) groups is 6. The Morgan fingerprint density at radius 1 is 1.08 bits per heavy atom. The van der Waals surface area contributed by atoms with Crippen LogP contribution in [0.2, 0.25) is 10.0 Å². The molecule has 0 saturated carbocycles. The van der Waals surface area contributed by atoms with Crippen LogP contribution in [0.1, 0.15) is 42.4 Å². The zero-order valence-electron chi connectivity index (χ0n) is 28.1. The number of nitrogens with zero attached hydrogens (tertiary/aromatic N) is 1. The third kappa shape index (κ3) is 10.2. The van der Waals surface area contributed by atoms with E-state index in [0.717, 1.165) is 6.92 Å². The van der Waals surface area contributed by atoms with Gasteiger partial charge in [-0.3, -0.25) is 24.1 Å². The first-order chi connectivity index (χ1) is 24.0. The molecule has 0 bridgehead atoms. The molecule has 274 valence electrons. The number of fused-ring (bicyclic) bond motifs is 1. The molecule has 0 unspecified atom stereocenters. The molecular weight excluding hydrogens is 760 g/mol. The van der Waals surface area contributed by atoms with Crippen LogP contribution in [-0.2, 0) is 56.3 Å². The summed E-state index contributed by atoms with van der Waals surface area (Å²) in [6, 6.07) is 7.33. The summed E-state index contributed by atoms with van der Waals surface area (Å²) in [5, 5.41) is 25.2. The molecule has 2 heterocycles. The number of halogens is 2. The van der Waals surface area contributed by atoms with Crippen molar-refractivity contribution in [3.8, 4) is 5.75 Å². The molecule has 16 nitrogen and oxygen atoms in total. The van der Waals surface area contributed by atoms with Crippen LogP contribution >= 0.6 is 23.2 Å². The van der Waals surface area contributed by atoms with Crippen molar-refractivity contribution >= 4 is 68.9 Å². The fraction of sp³-hybridized carbons (Fsp3) is 0.375. The molecule has 1 saturated heterocycles. The molecule has 4 rings (SSSR count). The molecule has 1 fully saturated rings. The zero-order chi connectivity index (χ0) is 37.6. The van der Waals surface area contributed by atoms with Gasteiger partial charge in [-0.05, 0) is 36.6 Å². The minimum Gasteiger partial charge on any atom is -0.543 e. The van der Waals surface area contributed by atoms with E-state index in [4.69, 9.17) is 37.4 Å². The minimum absolute atomic E-state index is 0. The number of amides is 3. The fourth-order valence-electron chi connectivity index (χ4n) is 5.66. The standard InChI is InChI=1S/C32H33Cl2N3O13S.Na/c1-16(38)49-14-19-15-51(46,47)30-26(29(42)37(30)27(19)31(43)44)36-28(41)21(22-10-17(11-25(39)40)5-8-24(22)48-2)4-3-9-35-32(45)50-13-18-6-7-20(33)12-23(18)34;/h5-8,10,12,21,26,30H,3-4,9,11,13-15H2,1-2H3,(H,35,45)(H,36,41)(H,39,40)(H,43,44);/q;+1/p-1/t21-,26-,30-;/m0./s1. The zero-order valence-corrected chi connectivity index (χ0v) is 32.4. The van der Waals surface area contributed by atoms with Gasteiger partial charge in [-0.25, -0.2) is 13.2 Å². The maximum atomic E-state index is 13.9. The van der Waals surface area contributed by atoms with Crippen molar-refractivity contribution in [3.63, 3.8) is 0 Å². The van der Waals surface area contributed by atoms with E-state index in [-0.39, 0.29) is 72.4 Å². The number of esters is 1. The fourth-order valence-corrected chi connectivity index (χ4v) is 8.13. The van der Waals surface area contributed by atoms with E-state index in [1.807, 2.05) is 0 Å². The number of β-lactam (4-membered cyclic amide) rings is 1. The van der Waals surface area contributed by atoms with Gasteiger partial charge in [0.2, 0.25) is 5.91 Å². The molecule has 3 amide bonds. The van der Waals surface area contributed by atoms with Crippen LogP contribution in [0.25, 0.3) is 0 Å². The molecule has 0 aliphatic carbocycles. The number of methoxy groups -OCH3 is 1. The van der Waals surface area contributed by atoms with Gasteiger partial charge in [0.1, 0.15) is 25.0 Å². The number of hydrogen-bond donors (Lipinski definition) is 3. The van der Waals surface area contributed by atoms with Crippen molar-refractivity contribution in [3.05, 3.63) is 74.4 Å². The van der Waals surface area contributed by atoms with Crippen molar-refractivity contribution in [1.82, 2.24) is 15.5 Å². The first-order valence-corrected chi connectivity index (χ1v) is 17.7. The Balaban J connectivity index is 0.00000729. The van der Waals surface area contributed by atoms with Gasteiger partial charge >= 0.3 is 47.6 Å². The minimum atomic E-state index is -4.32. The molecule has 2 aromatic rings. The molecular formula is C32H32Cl2N3NaO13S. The molecule has 2 aliphatic heterocycles. The third-order valence-corrected chi connectivity index (χ3v) is 10.5. The second-order valence-corrected chi connectivity index (χ2v) is 14.4. The number of carbonyl (C=O) groups excluding carboxylic acids is 5.